The molecule has 2 aromatic carbocycles. The molecule has 1 atom stereocenters. The minimum Gasteiger partial charge on any atom is -0.274 e. The van der Waals surface area contributed by atoms with E-state index in [-0.39, 0.29) is 17.9 Å². The van der Waals surface area contributed by atoms with Crippen molar-refractivity contribution >= 4 is 50.1 Å². The zero-order valence-electron chi connectivity index (χ0n) is 17.9. The lowest BCUT2D eigenvalue weighted by molar-refractivity contribution is -0.122. The van der Waals surface area contributed by atoms with Crippen molar-refractivity contribution in [3.8, 4) is 0 Å². The number of rotatable bonds is 7. The Bertz CT molecular complexity index is 1180. The molecule has 174 valence electrons. The lowest BCUT2D eigenvalue weighted by Crippen LogP contribution is -2.46. The Morgan fingerprint density at radius 2 is 1.73 bits per heavy atom. The quantitative estimate of drug-likeness (QED) is 0.271. The van der Waals surface area contributed by atoms with Crippen LogP contribution in [0.1, 0.15) is 38.5 Å². The molecule has 1 unspecified atom stereocenters. The maximum Gasteiger partial charge on any atom is 0.252 e. The summed E-state index contributed by atoms with van der Waals surface area (Å²) in [5.74, 6) is -1.56. The number of halogens is 2. The Balaban J connectivity index is 1.67. The van der Waals surface area contributed by atoms with Crippen LogP contribution in [0.3, 0.4) is 0 Å². The fourth-order valence-electron chi connectivity index (χ4n) is 4.27. The second kappa shape index (κ2) is 10.0. The molecule has 2 amide bonds. The van der Waals surface area contributed by atoms with E-state index in [1.165, 1.54) is 12.1 Å². The summed E-state index contributed by atoms with van der Waals surface area (Å²) in [6.07, 6.45) is 6.41. The first kappa shape index (κ1) is 24.0. The third-order valence-corrected chi connectivity index (χ3v) is 8.66. The van der Waals surface area contributed by atoms with Gasteiger partial charge in [-0.15, -0.1) is 0 Å². The SMILES string of the molecule is O=C1CC(N(CCC2=CCCCC2)S(=O)(=O)c2ccc(F)cc2)C(=O)N1c1ccc(I)cc1. The predicted molar refractivity (Wildman–Crippen MR) is 132 cm³/mol. The molecule has 33 heavy (non-hydrogen) atoms. The Morgan fingerprint density at radius 1 is 1.03 bits per heavy atom. The van der Waals surface area contributed by atoms with Crippen LogP contribution in [-0.2, 0) is 19.6 Å². The molecule has 4 rings (SSSR count). The highest BCUT2D eigenvalue weighted by molar-refractivity contribution is 14.1. The van der Waals surface area contributed by atoms with Gasteiger partial charge in [0, 0.05) is 10.1 Å². The number of sulfonamides is 1. The number of carbonyl (C=O) groups is 2. The monoisotopic (exact) mass is 582 g/mol. The van der Waals surface area contributed by atoms with Crippen LogP contribution in [0, 0.1) is 9.39 Å². The van der Waals surface area contributed by atoms with Gasteiger partial charge in [-0.3, -0.25) is 9.59 Å². The highest BCUT2D eigenvalue weighted by Crippen LogP contribution is 2.31. The number of carbonyl (C=O) groups excluding carboxylic acids is 2. The Labute approximate surface area is 206 Å². The van der Waals surface area contributed by atoms with Gasteiger partial charge in [0.1, 0.15) is 11.9 Å². The first-order valence-electron chi connectivity index (χ1n) is 10.8. The number of nitrogens with zero attached hydrogens (tertiary/aromatic N) is 2. The van der Waals surface area contributed by atoms with E-state index in [9.17, 15) is 22.4 Å². The van der Waals surface area contributed by atoms with Crippen LogP contribution in [0.5, 0.6) is 0 Å². The molecule has 2 aromatic rings. The number of hydrogen-bond donors (Lipinski definition) is 0. The van der Waals surface area contributed by atoms with Crippen LogP contribution in [0.15, 0.2) is 65.1 Å². The second-order valence-electron chi connectivity index (χ2n) is 8.19. The average molecular weight is 582 g/mol. The number of benzene rings is 2. The van der Waals surface area contributed by atoms with Gasteiger partial charge in [-0.25, -0.2) is 17.7 Å². The number of hydrogen-bond acceptors (Lipinski definition) is 4. The molecule has 2 aliphatic rings. The third-order valence-electron chi connectivity index (χ3n) is 6.01. The van der Waals surface area contributed by atoms with E-state index >= 15 is 0 Å². The highest BCUT2D eigenvalue weighted by atomic mass is 127. The van der Waals surface area contributed by atoms with Gasteiger partial charge in [0.25, 0.3) is 5.91 Å². The summed E-state index contributed by atoms with van der Waals surface area (Å²) < 4.78 is 42.6. The second-order valence-corrected chi connectivity index (χ2v) is 11.3. The molecule has 0 spiro atoms. The van der Waals surface area contributed by atoms with Crippen molar-refractivity contribution in [2.24, 2.45) is 0 Å². The molecule has 9 heteroatoms. The Kier molecular flexibility index (Phi) is 7.30. The summed E-state index contributed by atoms with van der Waals surface area (Å²) in [5.41, 5.74) is 1.58. The normalized spacial score (nSPS) is 19.3. The van der Waals surface area contributed by atoms with E-state index in [4.69, 9.17) is 0 Å². The van der Waals surface area contributed by atoms with Crippen molar-refractivity contribution in [2.75, 3.05) is 11.4 Å². The fraction of sp³-hybridized carbons (Fsp3) is 0.333. The first-order valence-corrected chi connectivity index (χ1v) is 13.4. The largest absolute Gasteiger partial charge is 0.274 e. The highest BCUT2D eigenvalue weighted by Gasteiger charge is 2.46. The standard InChI is InChI=1S/C24H24FIN2O4S/c25-18-6-12-21(13-7-18)33(31,32)27(15-14-17-4-2-1-3-5-17)22-16-23(29)28(24(22)30)20-10-8-19(26)9-11-20/h4,6-13,22H,1-3,5,14-16H2. The lowest BCUT2D eigenvalue weighted by atomic mass is 9.97. The minimum atomic E-state index is -4.13. The molecular weight excluding hydrogens is 558 g/mol. The van der Waals surface area contributed by atoms with E-state index in [1.54, 1.807) is 24.3 Å². The van der Waals surface area contributed by atoms with Gasteiger partial charge >= 0.3 is 0 Å². The molecule has 0 aromatic heterocycles. The van der Waals surface area contributed by atoms with Gasteiger partial charge in [0.2, 0.25) is 15.9 Å². The number of anilines is 1. The van der Waals surface area contributed by atoms with Crippen LogP contribution < -0.4 is 4.90 Å². The number of imide groups is 1. The van der Waals surface area contributed by atoms with Crippen LogP contribution in [-0.4, -0.2) is 37.1 Å². The summed E-state index contributed by atoms with van der Waals surface area (Å²) in [5, 5.41) is 0. The Morgan fingerprint density at radius 3 is 2.36 bits per heavy atom. The molecule has 1 fully saturated rings. The Hall–Kier alpha value is -2.11. The van der Waals surface area contributed by atoms with Crippen LogP contribution in [0.25, 0.3) is 0 Å². The molecule has 0 N–H and O–H groups in total. The molecule has 0 bridgehead atoms. The van der Waals surface area contributed by atoms with Crippen LogP contribution in [0.2, 0.25) is 0 Å². The summed E-state index contributed by atoms with van der Waals surface area (Å²) in [4.78, 5) is 27.1. The molecule has 0 saturated carbocycles. The van der Waals surface area contributed by atoms with Gasteiger partial charge in [-0.05, 0) is 103 Å². The van der Waals surface area contributed by atoms with E-state index < -0.39 is 33.7 Å². The van der Waals surface area contributed by atoms with Crippen molar-refractivity contribution < 1.29 is 22.4 Å². The van der Waals surface area contributed by atoms with E-state index in [0.717, 1.165) is 56.2 Å². The van der Waals surface area contributed by atoms with Gasteiger partial charge in [0.15, 0.2) is 0 Å². The molecule has 0 radical (unpaired) electrons. The van der Waals surface area contributed by atoms with Crippen LogP contribution in [0.4, 0.5) is 10.1 Å². The molecule has 1 aliphatic carbocycles. The van der Waals surface area contributed by atoms with Crippen molar-refractivity contribution in [3.63, 3.8) is 0 Å². The van der Waals surface area contributed by atoms with Gasteiger partial charge < -0.3 is 0 Å². The van der Waals surface area contributed by atoms with Gasteiger partial charge in [-0.1, -0.05) is 11.6 Å². The summed E-state index contributed by atoms with van der Waals surface area (Å²) in [6, 6.07) is 10.3. The maximum atomic E-state index is 13.5. The average Bonchev–Trinajstić information content (AvgIpc) is 3.09. The smallest absolute Gasteiger partial charge is 0.252 e. The van der Waals surface area contributed by atoms with E-state index in [1.807, 2.05) is 0 Å². The van der Waals surface area contributed by atoms with E-state index in [2.05, 4.69) is 28.7 Å². The molecular formula is C24H24FIN2O4S. The van der Waals surface area contributed by atoms with Gasteiger partial charge in [-0.2, -0.15) is 4.31 Å². The third kappa shape index (κ3) is 5.20. The van der Waals surface area contributed by atoms with Crippen molar-refractivity contribution in [2.45, 2.75) is 49.5 Å². The zero-order valence-corrected chi connectivity index (χ0v) is 20.9. The van der Waals surface area contributed by atoms with Crippen molar-refractivity contribution in [1.29, 1.82) is 0 Å². The number of amides is 2. The summed E-state index contributed by atoms with van der Waals surface area (Å²) in [7, 11) is -4.13. The van der Waals surface area contributed by atoms with Crippen LogP contribution >= 0.6 is 22.6 Å². The summed E-state index contributed by atoms with van der Waals surface area (Å²) >= 11 is 2.13. The topological polar surface area (TPSA) is 74.8 Å². The number of allylic oxidation sites excluding steroid dienone is 1. The lowest BCUT2D eigenvalue weighted by Gasteiger charge is -2.27. The molecule has 6 nitrogen and oxygen atoms in total. The van der Waals surface area contributed by atoms with Gasteiger partial charge in [0.05, 0.1) is 17.0 Å². The maximum absolute atomic E-state index is 13.5. The minimum absolute atomic E-state index is 0.0791. The van der Waals surface area contributed by atoms with Crippen molar-refractivity contribution in [1.82, 2.24) is 4.31 Å². The molecule has 1 saturated heterocycles. The van der Waals surface area contributed by atoms with E-state index in [0.29, 0.717) is 12.1 Å². The fourth-order valence-corrected chi connectivity index (χ4v) is 6.22. The van der Waals surface area contributed by atoms with Crippen molar-refractivity contribution in [3.05, 3.63) is 69.6 Å². The predicted octanol–water partition coefficient (Wildman–Crippen LogP) is 4.64. The first-order chi connectivity index (χ1) is 15.8. The summed E-state index contributed by atoms with van der Waals surface area (Å²) in [6.45, 7) is 0.0791. The zero-order chi connectivity index (χ0) is 23.6. The molecule has 1 heterocycles. The molecule has 1 aliphatic heterocycles.